The van der Waals surface area contributed by atoms with Crippen molar-refractivity contribution in [2.45, 2.75) is 77.0 Å². The van der Waals surface area contributed by atoms with Gasteiger partial charge in [-0.05, 0) is 70.4 Å². The number of hydrogen-bond donors (Lipinski definition) is 2. The summed E-state index contributed by atoms with van der Waals surface area (Å²) in [5.74, 6) is -0.388. The molecule has 3 rings (SSSR count). The minimum atomic E-state index is -0.662. The van der Waals surface area contributed by atoms with Gasteiger partial charge >= 0.3 is 6.09 Å². The lowest BCUT2D eigenvalue weighted by atomic mass is 9.88. The standard InChI is InChI=1S/C23H33N3O4/c1-23(2,3)30-22(29)25-19-12-6-7-14-26(21(19)28)15-20(27)24-18-13-8-10-16-9-4-5-11-17(16)18/h4-5,9,11,18-19H,6-8,10,12-15H2,1-3H3,(H,24,27)(H,25,29)/t18-,19?/m1/s1. The summed E-state index contributed by atoms with van der Waals surface area (Å²) >= 11 is 0. The number of hydrogen-bond acceptors (Lipinski definition) is 4. The quantitative estimate of drug-likeness (QED) is 0.791. The molecule has 1 unspecified atom stereocenters. The third-order valence-electron chi connectivity index (χ3n) is 5.51. The molecule has 0 saturated carbocycles. The lowest BCUT2D eigenvalue weighted by Crippen LogP contribution is -2.51. The van der Waals surface area contributed by atoms with Crippen molar-refractivity contribution in [1.29, 1.82) is 0 Å². The van der Waals surface area contributed by atoms with Crippen LogP contribution in [0.3, 0.4) is 0 Å². The third-order valence-corrected chi connectivity index (χ3v) is 5.51. The number of carbonyl (C=O) groups excluding carboxylic acids is 3. The Kier molecular flexibility index (Phi) is 7.00. The number of amides is 3. The summed E-state index contributed by atoms with van der Waals surface area (Å²) < 4.78 is 5.28. The van der Waals surface area contributed by atoms with Gasteiger partial charge in [0.15, 0.2) is 0 Å². The van der Waals surface area contributed by atoms with Crippen molar-refractivity contribution in [2.24, 2.45) is 0 Å². The summed E-state index contributed by atoms with van der Waals surface area (Å²) in [6.45, 7) is 5.86. The van der Waals surface area contributed by atoms with Crippen LogP contribution < -0.4 is 10.6 Å². The Morgan fingerprint density at radius 3 is 2.57 bits per heavy atom. The highest BCUT2D eigenvalue weighted by molar-refractivity contribution is 5.89. The molecule has 2 atom stereocenters. The van der Waals surface area contributed by atoms with Gasteiger partial charge in [0.25, 0.3) is 0 Å². The number of nitrogens with zero attached hydrogens (tertiary/aromatic N) is 1. The second-order valence-corrected chi connectivity index (χ2v) is 9.17. The summed E-state index contributed by atoms with van der Waals surface area (Å²) in [4.78, 5) is 39.4. The molecule has 1 aromatic rings. The molecule has 164 valence electrons. The van der Waals surface area contributed by atoms with Gasteiger partial charge in [0.05, 0.1) is 12.6 Å². The first-order valence-corrected chi connectivity index (χ1v) is 10.9. The number of rotatable bonds is 4. The zero-order valence-corrected chi connectivity index (χ0v) is 18.2. The Bertz CT molecular complexity index is 787. The van der Waals surface area contributed by atoms with Gasteiger partial charge in [-0.2, -0.15) is 0 Å². The van der Waals surface area contributed by atoms with E-state index in [4.69, 9.17) is 4.74 Å². The molecule has 1 fully saturated rings. The first kappa shape index (κ1) is 22.1. The van der Waals surface area contributed by atoms with Crippen LogP contribution in [0.1, 0.15) is 70.0 Å². The highest BCUT2D eigenvalue weighted by atomic mass is 16.6. The lowest BCUT2D eigenvalue weighted by Gasteiger charge is -2.29. The van der Waals surface area contributed by atoms with Crippen LogP contribution in [0.25, 0.3) is 0 Å². The average Bonchev–Trinajstić information content (AvgIpc) is 2.83. The molecule has 30 heavy (non-hydrogen) atoms. The van der Waals surface area contributed by atoms with Gasteiger partial charge in [0.1, 0.15) is 11.6 Å². The fraction of sp³-hybridized carbons (Fsp3) is 0.609. The summed E-state index contributed by atoms with van der Waals surface area (Å²) in [6, 6.07) is 7.52. The zero-order chi connectivity index (χ0) is 21.7. The summed E-state index contributed by atoms with van der Waals surface area (Å²) in [5.41, 5.74) is 1.82. The van der Waals surface area contributed by atoms with E-state index < -0.39 is 17.7 Å². The van der Waals surface area contributed by atoms with Gasteiger partial charge in [0.2, 0.25) is 11.8 Å². The van der Waals surface area contributed by atoms with Crippen molar-refractivity contribution in [1.82, 2.24) is 15.5 Å². The van der Waals surface area contributed by atoms with Gasteiger partial charge in [0, 0.05) is 6.54 Å². The second kappa shape index (κ2) is 9.49. The van der Waals surface area contributed by atoms with Gasteiger partial charge in [-0.25, -0.2) is 4.79 Å². The van der Waals surface area contributed by atoms with Crippen molar-refractivity contribution in [2.75, 3.05) is 13.1 Å². The molecule has 1 saturated heterocycles. The minimum absolute atomic E-state index is 0.00397. The van der Waals surface area contributed by atoms with Crippen LogP contribution in [0.5, 0.6) is 0 Å². The first-order chi connectivity index (χ1) is 14.2. The number of nitrogens with one attached hydrogen (secondary N) is 2. The number of fused-ring (bicyclic) bond motifs is 1. The van der Waals surface area contributed by atoms with Crippen molar-refractivity contribution >= 4 is 17.9 Å². The predicted octanol–water partition coefficient (Wildman–Crippen LogP) is 3.09. The summed E-state index contributed by atoms with van der Waals surface area (Å²) in [7, 11) is 0. The van der Waals surface area contributed by atoms with Crippen LogP contribution in [0.2, 0.25) is 0 Å². The molecular weight excluding hydrogens is 382 g/mol. The number of benzene rings is 1. The Labute approximate surface area is 178 Å². The number of carbonyl (C=O) groups is 3. The Morgan fingerprint density at radius 2 is 1.80 bits per heavy atom. The van der Waals surface area contributed by atoms with E-state index in [9.17, 15) is 14.4 Å². The van der Waals surface area contributed by atoms with E-state index in [0.29, 0.717) is 13.0 Å². The lowest BCUT2D eigenvalue weighted by molar-refractivity contribution is -0.137. The number of alkyl carbamates (subject to hydrolysis) is 1. The monoisotopic (exact) mass is 415 g/mol. The molecule has 2 aliphatic rings. The molecule has 0 radical (unpaired) electrons. The van der Waals surface area contributed by atoms with Crippen LogP contribution in [0.4, 0.5) is 4.79 Å². The molecule has 1 heterocycles. The molecule has 0 aromatic heterocycles. The van der Waals surface area contributed by atoms with E-state index in [0.717, 1.165) is 32.1 Å². The normalized spacial score (nSPS) is 22.0. The first-order valence-electron chi connectivity index (χ1n) is 10.9. The Morgan fingerprint density at radius 1 is 1.07 bits per heavy atom. The van der Waals surface area contributed by atoms with Gasteiger partial charge in [-0.1, -0.05) is 24.3 Å². The van der Waals surface area contributed by atoms with Crippen LogP contribution in [0, 0.1) is 0 Å². The third kappa shape index (κ3) is 5.97. The van der Waals surface area contributed by atoms with Gasteiger partial charge in [-0.3, -0.25) is 9.59 Å². The molecule has 3 amide bonds. The van der Waals surface area contributed by atoms with E-state index in [1.54, 1.807) is 25.7 Å². The van der Waals surface area contributed by atoms with Crippen LogP contribution in [-0.4, -0.2) is 47.5 Å². The van der Waals surface area contributed by atoms with Gasteiger partial charge in [-0.15, -0.1) is 0 Å². The molecule has 2 N–H and O–H groups in total. The summed E-state index contributed by atoms with van der Waals surface area (Å²) in [5, 5.41) is 5.78. The molecule has 7 heteroatoms. The van der Waals surface area contributed by atoms with E-state index in [1.807, 2.05) is 12.1 Å². The molecule has 1 aliphatic carbocycles. The maximum absolute atomic E-state index is 12.9. The maximum Gasteiger partial charge on any atom is 0.408 e. The predicted molar refractivity (Wildman–Crippen MR) is 114 cm³/mol. The van der Waals surface area contributed by atoms with E-state index >= 15 is 0 Å². The van der Waals surface area contributed by atoms with Crippen molar-refractivity contribution in [3.05, 3.63) is 35.4 Å². The highest BCUT2D eigenvalue weighted by Crippen LogP contribution is 2.29. The van der Waals surface area contributed by atoms with Crippen LogP contribution in [0.15, 0.2) is 24.3 Å². The van der Waals surface area contributed by atoms with E-state index in [2.05, 4.69) is 22.8 Å². The topological polar surface area (TPSA) is 87.7 Å². The number of aryl methyl sites for hydroxylation is 1. The molecular formula is C23H33N3O4. The average molecular weight is 416 g/mol. The number of ether oxygens (including phenoxy) is 1. The SMILES string of the molecule is CC(C)(C)OC(=O)NC1CCCCN(CC(=O)N[C@@H]2CCCc3ccccc32)C1=O. The zero-order valence-electron chi connectivity index (χ0n) is 18.2. The minimum Gasteiger partial charge on any atom is -0.444 e. The summed E-state index contributed by atoms with van der Waals surface area (Å²) in [6.07, 6.45) is 4.52. The fourth-order valence-corrected chi connectivity index (χ4v) is 4.16. The van der Waals surface area contributed by atoms with E-state index in [-0.39, 0.29) is 24.4 Å². The molecule has 7 nitrogen and oxygen atoms in total. The molecule has 1 aliphatic heterocycles. The maximum atomic E-state index is 12.9. The largest absolute Gasteiger partial charge is 0.444 e. The molecule has 0 spiro atoms. The Hall–Kier alpha value is -2.57. The van der Waals surface area contributed by atoms with Crippen LogP contribution in [-0.2, 0) is 20.7 Å². The number of likely N-dealkylation sites (tertiary alicyclic amines) is 1. The molecule has 0 bridgehead atoms. The fourth-order valence-electron chi connectivity index (χ4n) is 4.16. The van der Waals surface area contributed by atoms with Crippen molar-refractivity contribution in [3.63, 3.8) is 0 Å². The van der Waals surface area contributed by atoms with Crippen LogP contribution >= 0.6 is 0 Å². The second-order valence-electron chi connectivity index (χ2n) is 9.17. The van der Waals surface area contributed by atoms with Crippen molar-refractivity contribution in [3.8, 4) is 0 Å². The van der Waals surface area contributed by atoms with Crippen molar-refractivity contribution < 1.29 is 19.1 Å². The Balaban J connectivity index is 1.59. The van der Waals surface area contributed by atoms with E-state index in [1.165, 1.54) is 11.1 Å². The molecule has 1 aromatic carbocycles. The smallest absolute Gasteiger partial charge is 0.408 e. The highest BCUT2D eigenvalue weighted by Gasteiger charge is 2.31. The van der Waals surface area contributed by atoms with Gasteiger partial charge < -0.3 is 20.3 Å².